The Labute approximate surface area is 114 Å². The van der Waals surface area contributed by atoms with E-state index in [1.165, 1.54) is 10.2 Å². The van der Waals surface area contributed by atoms with E-state index in [9.17, 15) is 18.0 Å². The first-order valence-electron chi connectivity index (χ1n) is 6.24. The highest BCUT2D eigenvalue weighted by atomic mass is 19.4. The highest BCUT2D eigenvalue weighted by molar-refractivity contribution is 5.68. The Morgan fingerprint density at radius 3 is 2.70 bits per heavy atom. The third-order valence-corrected chi connectivity index (χ3v) is 3.02. The molecule has 1 heterocycles. The van der Waals surface area contributed by atoms with E-state index < -0.39 is 18.4 Å². The van der Waals surface area contributed by atoms with Crippen molar-refractivity contribution in [2.45, 2.75) is 25.4 Å². The molecule has 20 heavy (non-hydrogen) atoms. The molecular weight excluding hydrogens is 273 g/mol. The van der Waals surface area contributed by atoms with Gasteiger partial charge < -0.3 is 9.64 Å². The quantitative estimate of drug-likeness (QED) is 0.869. The highest BCUT2D eigenvalue weighted by Gasteiger charge is 2.36. The molecule has 0 radical (unpaired) electrons. The Balaban J connectivity index is 1.77. The number of carbonyl (C=O) groups excluding carboxylic acids is 1. The van der Waals surface area contributed by atoms with E-state index in [0.29, 0.717) is 0 Å². The normalized spacial score (nSPS) is 19.1. The van der Waals surface area contributed by atoms with Crippen LogP contribution in [0.3, 0.4) is 0 Å². The lowest BCUT2D eigenvalue weighted by Gasteiger charge is -2.18. The molecule has 1 atom stereocenters. The second-order valence-corrected chi connectivity index (χ2v) is 4.61. The summed E-state index contributed by atoms with van der Waals surface area (Å²) in [7, 11) is 0. The molecule has 110 valence electrons. The second kappa shape index (κ2) is 6.13. The first-order valence-corrected chi connectivity index (χ1v) is 6.24. The van der Waals surface area contributed by atoms with Crippen LogP contribution < -0.4 is 5.32 Å². The first kappa shape index (κ1) is 14.6. The first-order chi connectivity index (χ1) is 9.44. The fourth-order valence-corrected chi connectivity index (χ4v) is 2.09. The van der Waals surface area contributed by atoms with Gasteiger partial charge >= 0.3 is 12.4 Å². The van der Waals surface area contributed by atoms with E-state index in [4.69, 9.17) is 4.74 Å². The number of likely N-dealkylation sites (tertiary alicyclic amines) is 1. The van der Waals surface area contributed by atoms with Gasteiger partial charge in [-0.1, -0.05) is 30.3 Å². The number of nitrogens with one attached hydrogen (secondary N) is 1. The summed E-state index contributed by atoms with van der Waals surface area (Å²) < 4.78 is 41.5. The van der Waals surface area contributed by atoms with Crippen LogP contribution in [0, 0.1) is 0 Å². The number of hydrogen-bond donors (Lipinski definition) is 1. The minimum absolute atomic E-state index is 0.00708. The molecule has 0 bridgehead atoms. The van der Waals surface area contributed by atoms with Gasteiger partial charge in [-0.2, -0.15) is 13.2 Å². The van der Waals surface area contributed by atoms with Gasteiger partial charge in [0.15, 0.2) is 0 Å². The fraction of sp³-hybridized carbons (Fsp3) is 0.462. The molecule has 1 N–H and O–H groups in total. The van der Waals surface area contributed by atoms with Crippen molar-refractivity contribution in [1.29, 1.82) is 0 Å². The van der Waals surface area contributed by atoms with Crippen LogP contribution in [0.5, 0.6) is 0 Å². The monoisotopic (exact) mass is 288 g/mol. The van der Waals surface area contributed by atoms with Crippen LogP contribution in [0.1, 0.15) is 12.0 Å². The molecule has 0 aliphatic carbocycles. The zero-order valence-corrected chi connectivity index (χ0v) is 10.7. The largest absolute Gasteiger partial charge is 0.457 e. The zero-order chi connectivity index (χ0) is 14.6. The fourth-order valence-electron chi connectivity index (χ4n) is 2.09. The molecule has 2 rings (SSSR count). The standard InChI is InChI=1S/C13H15F3N2O2/c14-13(15,16)17-11-6-7-18(8-11)12(19)20-9-10-4-2-1-3-5-10/h1-5,11,17H,6-9H2/t11-/m1/s1. The van der Waals surface area contributed by atoms with Gasteiger partial charge in [0.2, 0.25) is 0 Å². The molecule has 4 nitrogen and oxygen atoms in total. The second-order valence-electron chi connectivity index (χ2n) is 4.61. The predicted molar refractivity (Wildman–Crippen MR) is 65.8 cm³/mol. The van der Waals surface area contributed by atoms with Gasteiger partial charge in [-0.15, -0.1) is 0 Å². The van der Waals surface area contributed by atoms with Crippen LogP contribution in [-0.2, 0) is 11.3 Å². The maximum absolute atomic E-state index is 12.2. The third kappa shape index (κ3) is 4.41. The number of rotatable bonds is 3. The van der Waals surface area contributed by atoms with Crippen LogP contribution in [-0.4, -0.2) is 36.4 Å². The number of carbonyl (C=O) groups is 1. The summed E-state index contributed by atoms with van der Waals surface area (Å²) in [5, 5.41) is 1.53. The van der Waals surface area contributed by atoms with Gasteiger partial charge in [-0.3, -0.25) is 0 Å². The molecule has 1 saturated heterocycles. The third-order valence-electron chi connectivity index (χ3n) is 3.02. The molecule has 0 saturated carbocycles. The van der Waals surface area contributed by atoms with Gasteiger partial charge in [-0.25, -0.2) is 10.1 Å². The minimum Gasteiger partial charge on any atom is -0.445 e. The molecule has 1 amide bonds. The number of benzene rings is 1. The smallest absolute Gasteiger partial charge is 0.445 e. The maximum atomic E-state index is 12.2. The van der Waals surface area contributed by atoms with E-state index in [-0.39, 0.29) is 26.1 Å². The Kier molecular flexibility index (Phi) is 4.49. The summed E-state index contributed by atoms with van der Waals surface area (Å²) in [6, 6.07) is 8.35. The summed E-state index contributed by atoms with van der Waals surface area (Å²) >= 11 is 0. The number of ether oxygens (including phenoxy) is 1. The molecule has 1 aliphatic heterocycles. The molecule has 1 fully saturated rings. The Morgan fingerprint density at radius 1 is 1.35 bits per heavy atom. The molecule has 1 aromatic carbocycles. The van der Waals surface area contributed by atoms with Crippen LogP contribution in [0.25, 0.3) is 0 Å². The topological polar surface area (TPSA) is 41.6 Å². The summed E-state index contributed by atoms with van der Waals surface area (Å²) in [6.07, 6.45) is -4.74. The SMILES string of the molecule is O=C(OCc1ccccc1)N1CC[C@@H](NC(F)(F)F)C1. The van der Waals surface area contributed by atoms with Crippen molar-refractivity contribution in [3.63, 3.8) is 0 Å². The lowest BCUT2D eigenvalue weighted by atomic mass is 10.2. The predicted octanol–water partition coefficient (Wildman–Crippen LogP) is 2.51. The summed E-state index contributed by atoms with van der Waals surface area (Å²) in [5.41, 5.74) is 0.838. The number of hydrogen-bond acceptors (Lipinski definition) is 3. The van der Waals surface area contributed by atoms with Gasteiger partial charge in [0, 0.05) is 19.1 Å². The number of halogens is 3. The number of amides is 1. The van der Waals surface area contributed by atoms with Crippen molar-refractivity contribution in [2.75, 3.05) is 13.1 Å². The van der Waals surface area contributed by atoms with Crippen molar-refractivity contribution < 1.29 is 22.7 Å². The van der Waals surface area contributed by atoms with Crippen molar-refractivity contribution in [1.82, 2.24) is 10.2 Å². The van der Waals surface area contributed by atoms with Crippen molar-refractivity contribution in [2.24, 2.45) is 0 Å². The molecule has 1 aliphatic rings. The van der Waals surface area contributed by atoms with Gasteiger partial charge in [-0.05, 0) is 12.0 Å². The molecule has 1 aromatic rings. The van der Waals surface area contributed by atoms with Crippen LogP contribution in [0.2, 0.25) is 0 Å². The Hall–Kier alpha value is -1.76. The number of alkyl halides is 3. The molecule has 0 aromatic heterocycles. The van der Waals surface area contributed by atoms with Crippen molar-refractivity contribution in [3.05, 3.63) is 35.9 Å². The van der Waals surface area contributed by atoms with Crippen molar-refractivity contribution in [3.8, 4) is 0 Å². The summed E-state index contributed by atoms with van der Waals surface area (Å²) in [4.78, 5) is 13.0. The van der Waals surface area contributed by atoms with Gasteiger partial charge in [0.25, 0.3) is 0 Å². The van der Waals surface area contributed by atoms with E-state index >= 15 is 0 Å². The molecule has 0 unspecified atom stereocenters. The van der Waals surface area contributed by atoms with Crippen LogP contribution in [0.4, 0.5) is 18.0 Å². The van der Waals surface area contributed by atoms with E-state index in [1.54, 1.807) is 0 Å². The Bertz CT molecular complexity index is 451. The van der Waals surface area contributed by atoms with E-state index in [1.807, 2.05) is 30.3 Å². The Morgan fingerprint density at radius 2 is 2.05 bits per heavy atom. The molecule has 7 heteroatoms. The van der Waals surface area contributed by atoms with E-state index in [2.05, 4.69) is 0 Å². The van der Waals surface area contributed by atoms with Crippen molar-refractivity contribution >= 4 is 6.09 Å². The lowest BCUT2D eigenvalue weighted by Crippen LogP contribution is -2.43. The van der Waals surface area contributed by atoms with Gasteiger partial charge in [0.1, 0.15) is 6.61 Å². The molecular formula is C13H15F3N2O2. The maximum Gasteiger partial charge on any atom is 0.457 e. The average Bonchev–Trinajstić information content (AvgIpc) is 2.83. The van der Waals surface area contributed by atoms with Gasteiger partial charge in [0.05, 0.1) is 0 Å². The van der Waals surface area contributed by atoms with Crippen LogP contribution in [0.15, 0.2) is 30.3 Å². The van der Waals surface area contributed by atoms with E-state index in [0.717, 1.165) is 5.56 Å². The zero-order valence-electron chi connectivity index (χ0n) is 10.7. The highest BCUT2D eigenvalue weighted by Crippen LogP contribution is 2.17. The minimum atomic E-state index is -4.42. The summed E-state index contributed by atoms with van der Waals surface area (Å²) in [6.45, 7) is 0.391. The van der Waals surface area contributed by atoms with Crippen LogP contribution >= 0.6 is 0 Å². The average molecular weight is 288 g/mol. The number of nitrogens with zero attached hydrogens (tertiary/aromatic N) is 1. The summed E-state index contributed by atoms with van der Waals surface area (Å²) in [5.74, 6) is 0. The lowest BCUT2D eigenvalue weighted by molar-refractivity contribution is -0.163. The molecule has 0 spiro atoms.